The Morgan fingerprint density at radius 2 is 1.63 bits per heavy atom. The van der Waals surface area contributed by atoms with E-state index in [-0.39, 0.29) is 5.60 Å². The quantitative estimate of drug-likeness (QED) is 0.520. The molecule has 1 unspecified atom stereocenters. The van der Waals surface area contributed by atoms with Crippen LogP contribution in [0, 0.1) is 11.8 Å². The van der Waals surface area contributed by atoms with Gasteiger partial charge in [0.05, 0.1) is 0 Å². The highest BCUT2D eigenvalue weighted by Crippen LogP contribution is 2.29. The van der Waals surface area contributed by atoms with Crippen LogP contribution in [0.2, 0.25) is 0 Å². The second-order valence-electron chi connectivity index (χ2n) is 6.53. The maximum absolute atomic E-state index is 5.67. The van der Waals surface area contributed by atoms with Gasteiger partial charge < -0.3 is 4.89 Å². The lowest BCUT2D eigenvalue weighted by Gasteiger charge is -2.32. The van der Waals surface area contributed by atoms with Crippen LogP contribution in [0.4, 0.5) is 0 Å². The van der Waals surface area contributed by atoms with Crippen LogP contribution in [0.15, 0.2) is 24.3 Å². The lowest BCUT2D eigenvalue weighted by atomic mass is 9.84. The van der Waals surface area contributed by atoms with E-state index in [1.54, 1.807) is 0 Å². The molecule has 0 saturated carbocycles. The fourth-order valence-electron chi connectivity index (χ4n) is 1.96. The molecule has 0 bridgehead atoms. The zero-order chi connectivity index (χ0) is 14.6. The van der Waals surface area contributed by atoms with E-state index in [2.05, 4.69) is 54.5 Å². The molecule has 0 aliphatic rings. The van der Waals surface area contributed by atoms with Gasteiger partial charge in [-0.05, 0) is 49.3 Å². The minimum Gasteiger partial charge on any atom is -0.337 e. The molecule has 0 fully saturated rings. The Labute approximate surface area is 118 Å². The first-order chi connectivity index (χ1) is 8.74. The van der Waals surface area contributed by atoms with E-state index < -0.39 is 0 Å². The van der Waals surface area contributed by atoms with E-state index in [4.69, 9.17) is 9.78 Å². The second kappa shape index (κ2) is 6.42. The summed E-state index contributed by atoms with van der Waals surface area (Å²) in [6.45, 7) is 15.1. The fourth-order valence-corrected chi connectivity index (χ4v) is 1.96. The molecule has 0 aliphatic heterocycles. The predicted molar refractivity (Wildman–Crippen MR) is 80.3 cm³/mol. The van der Waals surface area contributed by atoms with E-state index in [1.807, 2.05) is 18.2 Å². The van der Waals surface area contributed by atoms with Crippen LogP contribution in [-0.2, 0) is 4.89 Å². The van der Waals surface area contributed by atoms with Crippen LogP contribution in [0.3, 0.4) is 0 Å². The van der Waals surface area contributed by atoms with Crippen molar-refractivity contribution in [1.82, 2.24) is 0 Å². The minimum absolute atomic E-state index is 0.304. The Balaban J connectivity index is 2.68. The molecule has 0 heterocycles. The van der Waals surface area contributed by atoms with Gasteiger partial charge in [0, 0.05) is 0 Å². The second-order valence-corrected chi connectivity index (χ2v) is 6.53. The Bertz CT molecular complexity index is 394. The molecule has 1 aromatic carbocycles. The average Bonchev–Trinajstić information content (AvgIpc) is 2.35. The van der Waals surface area contributed by atoms with Gasteiger partial charge in [0.1, 0.15) is 5.60 Å². The largest absolute Gasteiger partial charge is 0.337 e. The fraction of sp³-hybridized carbons (Fsp3) is 0.647. The van der Waals surface area contributed by atoms with Crippen LogP contribution >= 0.6 is 0 Å². The van der Waals surface area contributed by atoms with Gasteiger partial charge in [0.15, 0.2) is 5.75 Å². The highest BCUT2D eigenvalue weighted by molar-refractivity contribution is 5.29. The first-order valence-electron chi connectivity index (χ1n) is 7.19. The summed E-state index contributed by atoms with van der Waals surface area (Å²) < 4.78 is 0. The summed E-state index contributed by atoms with van der Waals surface area (Å²) in [7, 11) is 0. The standard InChI is InChI=1S/C17H28O2/c1-12(2)14(5)17(6,7)19-18-16-10-8-9-15(11-16)13(3)4/h8-14H,1-7H3. The Morgan fingerprint density at radius 3 is 2.16 bits per heavy atom. The summed E-state index contributed by atoms with van der Waals surface area (Å²) in [6.07, 6.45) is 0. The molecule has 0 aliphatic carbocycles. The van der Waals surface area contributed by atoms with Gasteiger partial charge in [-0.2, -0.15) is 4.89 Å². The van der Waals surface area contributed by atoms with Crippen LogP contribution in [0.1, 0.15) is 59.9 Å². The molecular formula is C17H28O2. The van der Waals surface area contributed by atoms with Gasteiger partial charge >= 0.3 is 0 Å². The summed E-state index contributed by atoms with van der Waals surface area (Å²) in [5.74, 6) is 2.24. The van der Waals surface area contributed by atoms with Crippen molar-refractivity contribution in [2.75, 3.05) is 0 Å². The molecule has 1 atom stereocenters. The van der Waals surface area contributed by atoms with E-state index in [0.717, 1.165) is 5.75 Å². The van der Waals surface area contributed by atoms with Crippen LogP contribution < -0.4 is 4.89 Å². The van der Waals surface area contributed by atoms with Crippen LogP contribution in [0.25, 0.3) is 0 Å². The molecule has 2 heteroatoms. The Kier molecular flexibility index (Phi) is 5.42. The molecule has 108 valence electrons. The maximum Gasteiger partial charge on any atom is 0.165 e. The lowest BCUT2D eigenvalue weighted by Crippen LogP contribution is -2.36. The summed E-state index contributed by atoms with van der Waals surface area (Å²) in [4.78, 5) is 11.2. The van der Waals surface area contributed by atoms with Crippen LogP contribution in [-0.4, -0.2) is 5.60 Å². The topological polar surface area (TPSA) is 18.5 Å². The molecule has 2 nitrogen and oxygen atoms in total. The van der Waals surface area contributed by atoms with Crippen molar-refractivity contribution in [3.05, 3.63) is 29.8 Å². The summed E-state index contributed by atoms with van der Waals surface area (Å²) in [6, 6.07) is 8.09. The molecule has 0 radical (unpaired) electrons. The zero-order valence-corrected chi connectivity index (χ0v) is 13.4. The van der Waals surface area contributed by atoms with Crippen molar-refractivity contribution in [3.8, 4) is 5.75 Å². The van der Waals surface area contributed by atoms with Gasteiger partial charge in [0.2, 0.25) is 0 Å². The molecule has 1 aromatic rings. The minimum atomic E-state index is -0.304. The van der Waals surface area contributed by atoms with Crippen molar-refractivity contribution in [2.45, 2.75) is 60.0 Å². The molecule has 0 N–H and O–H groups in total. The molecule has 0 aromatic heterocycles. The average molecular weight is 264 g/mol. The van der Waals surface area contributed by atoms with Crippen molar-refractivity contribution in [1.29, 1.82) is 0 Å². The first-order valence-corrected chi connectivity index (χ1v) is 7.19. The molecule has 0 spiro atoms. The molecule has 0 amide bonds. The molecular weight excluding hydrogens is 236 g/mol. The predicted octanol–water partition coefficient (Wildman–Crippen LogP) is 5.19. The van der Waals surface area contributed by atoms with Gasteiger partial charge in [-0.3, -0.25) is 0 Å². The van der Waals surface area contributed by atoms with Gasteiger partial charge in [-0.15, -0.1) is 0 Å². The Morgan fingerprint density at radius 1 is 1.00 bits per heavy atom. The van der Waals surface area contributed by atoms with E-state index >= 15 is 0 Å². The summed E-state index contributed by atoms with van der Waals surface area (Å²) in [5, 5.41) is 0. The Hall–Kier alpha value is -1.02. The molecule has 0 saturated heterocycles. The highest BCUT2D eigenvalue weighted by atomic mass is 17.2. The van der Waals surface area contributed by atoms with E-state index in [1.165, 1.54) is 5.56 Å². The van der Waals surface area contributed by atoms with E-state index in [9.17, 15) is 0 Å². The number of rotatable bonds is 6. The third-order valence-corrected chi connectivity index (χ3v) is 3.97. The van der Waals surface area contributed by atoms with E-state index in [0.29, 0.717) is 17.8 Å². The zero-order valence-electron chi connectivity index (χ0n) is 13.4. The summed E-state index contributed by atoms with van der Waals surface area (Å²) >= 11 is 0. The van der Waals surface area contributed by atoms with Crippen molar-refractivity contribution < 1.29 is 9.78 Å². The number of hydrogen-bond acceptors (Lipinski definition) is 2. The van der Waals surface area contributed by atoms with Crippen molar-refractivity contribution in [2.24, 2.45) is 11.8 Å². The number of hydrogen-bond donors (Lipinski definition) is 0. The van der Waals surface area contributed by atoms with Gasteiger partial charge in [0.25, 0.3) is 0 Å². The van der Waals surface area contributed by atoms with Gasteiger partial charge in [-0.1, -0.05) is 46.8 Å². The number of benzene rings is 1. The third-order valence-electron chi connectivity index (χ3n) is 3.97. The molecule has 1 rings (SSSR count). The third kappa shape index (κ3) is 4.54. The van der Waals surface area contributed by atoms with Crippen LogP contribution in [0.5, 0.6) is 5.75 Å². The smallest absolute Gasteiger partial charge is 0.165 e. The highest BCUT2D eigenvalue weighted by Gasteiger charge is 2.31. The van der Waals surface area contributed by atoms with Crippen molar-refractivity contribution >= 4 is 0 Å². The first kappa shape index (κ1) is 16.0. The van der Waals surface area contributed by atoms with Crippen molar-refractivity contribution in [3.63, 3.8) is 0 Å². The maximum atomic E-state index is 5.67. The summed E-state index contributed by atoms with van der Waals surface area (Å²) in [5.41, 5.74) is 0.956. The normalized spacial score (nSPS) is 13.9. The monoisotopic (exact) mass is 264 g/mol. The lowest BCUT2D eigenvalue weighted by molar-refractivity contribution is -0.298. The SMILES string of the molecule is CC(C)c1cccc(OOC(C)(C)C(C)C(C)C)c1. The van der Waals surface area contributed by atoms with Gasteiger partial charge in [-0.25, -0.2) is 0 Å². The molecule has 19 heavy (non-hydrogen) atoms.